The third kappa shape index (κ3) is 1.34. The van der Waals surface area contributed by atoms with Crippen molar-refractivity contribution in [2.24, 2.45) is 0 Å². The zero-order valence-corrected chi connectivity index (χ0v) is 11.0. The number of hydrogen-bond donors (Lipinski definition) is 1. The van der Waals surface area contributed by atoms with Crippen LogP contribution in [0.1, 0.15) is 53.2 Å². The van der Waals surface area contributed by atoms with Crippen molar-refractivity contribution >= 4 is 5.78 Å². The molecular formula is C16H15FN2O. The fourth-order valence-corrected chi connectivity index (χ4v) is 4.06. The maximum absolute atomic E-state index is 13.6. The van der Waals surface area contributed by atoms with Gasteiger partial charge in [0.25, 0.3) is 0 Å². The van der Waals surface area contributed by atoms with Gasteiger partial charge in [-0.1, -0.05) is 12.8 Å². The number of ketones is 1. The van der Waals surface area contributed by atoms with Crippen LogP contribution in [0.2, 0.25) is 0 Å². The number of Topliss-reactive ketones (excluding diaryl/α,β-unsaturated/α-hetero) is 1. The molecule has 4 heteroatoms. The molecule has 20 heavy (non-hydrogen) atoms. The minimum absolute atomic E-state index is 0.0674. The maximum atomic E-state index is 13.6. The molecule has 4 rings (SSSR count). The lowest BCUT2D eigenvalue weighted by molar-refractivity contribution is 0.0840. The Kier molecular flexibility index (Phi) is 2.37. The van der Waals surface area contributed by atoms with Crippen LogP contribution >= 0.6 is 0 Å². The number of imidazole rings is 1. The summed E-state index contributed by atoms with van der Waals surface area (Å²) in [6, 6.07) is 4.56. The average Bonchev–Trinajstić information content (AvgIpc) is 3.07. The van der Waals surface area contributed by atoms with E-state index in [-0.39, 0.29) is 17.5 Å². The van der Waals surface area contributed by atoms with Gasteiger partial charge in [-0.3, -0.25) is 4.79 Å². The second-order valence-corrected chi connectivity index (χ2v) is 5.78. The molecule has 0 radical (unpaired) electrons. The molecule has 0 spiro atoms. The molecule has 0 amide bonds. The lowest BCUT2D eigenvalue weighted by Crippen LogP contribution is -2.39. The number of H-pyrrole nitrogens is 1. The van der Waals surface area contributed by atoms with Crippen molar-refractivity contribution in [2.45, 2.75) is 37.0 Å². The molecule has 2 aromatic rings. The number of carbonyl (C=O) groups is 1. The predicted molar refractivity (Wildman–Crippen MR) is 72.2 cm³/mol. The molecular weight excluding hydrogens is 255 g/mol. The Bertz CT molecular complexity index is 680. The molecule has 0 saturated heterocycles. The summed E-state index contributed by atoms with van der Waals surface area (Å²) in [5.74, 6) is -0.0815. The largest absolute Gasteiger partial charge is 0.351 e. The normalized spacial score (nSPS) is 28.2. The molecule has 3 nitrogen and oxygen atoms in total. The van der Waals surface area contributed by atoms with Crippen molar-refractivity contribution in [2.75, 3.05) is 0 Å². The maximum Gasteiger partial charge on any atom is 0.175 e. The van der Waals surface area contributed by atoms with E-state index in [9.17, 15) is 9.18 Å². The highest BCUT2D eigenvalue weighted by Gasteiger charge is 2.55. The lowest BCUT2D eigenvalue weighted by Gasteiger charge is -2.37. The van der Waals surface area contributed by atoms with Gasteiger partial charge >= 0.3 is 0 Å². The molecule has 1 saturated carbocycles. The molecule has 1 N–H and O–H groups in total. The molecule has 0 bridgehead atoms. The molecule has 2 atom stereocenters. The van der Waals surface area contributed by atoms with E-state index in [2.05, 4.69) is 9.97 Å². The SMILES string of the molecule is O=C1c2ccc(F)cc2C2CCCCC12c1c[nH]cn1. The number of aromatic amines is 1. The van der Waals surface area contributed by atoms with Gasteiger partial charge in [0.2, 0.25) is 0 Å². The number of aromatic nitrogens is 2. The predicted octanol–water partition coefficient (Wildman–Crippen LogP) is 3.34. The molecule has 1 heterocycles. The van der Waals surface area contributed by atoms with Gasteiger partial charge in [0, 0.05) is 17.7 Å². The molecule has 2 aliphatic carbocycles. The second-order valence-electron chi connectivity index (χ2n) is 5.78. The highest BCUT2D eigenvalue weighted by Crippen LogP contribution is 2.55. The Morgan fingerprint density at radius 3 is 3.05 bits per heavy atom. The Hall–Kier alpha value is -1.97. The van der Waals surface area contributed by atoms with Crippen molar-refractivity contribution in [1.82, 2.24) is 9.97 Å². The van der Waals surface area contributed by atoms with E-state index >= 15 is 0 Å². The number of hydrogen-bond acceptors (Lipinski definition) is 2. The third-order valence-electron chi connectivity index (χ3n) is 4.90. The number of rotatable bonds is 1. The summed E-state index contributed by atoms with van der Waals surface area (Å²) in [7, 11) is 0. The van der Waals surface area contributed by atoms with Crippen LogP contribution in [-0.2, 0) is 5.41 Å². The van der Waals surface area contributed by atoms with E-state index < -0.39 is 5.41 Å². The standard InChI is InChI=1S/C16H15FN2O/c17-10-4-5-11-12(7-10)13-3-1-2-6-16(13,15(11)20)14-8-18-9-19-14/h4-5,7-9,13H,1-3,6H2,(H,18,19). The minimum atomic E-state index is -0.575. The Balaban J connectivity index is 1.96. The first-order valence-corrected chi connectivity index (χ1v) is 7.07. The molecule has 2 unspecified atom stereocenters. The molecule has 0 aliphatic heterocycles. The molecule has 102 valence electrons. The summed E-state index contributed by atoms with van der Waals surface area (Å²) < 4.78 is 13.6. The van der Waals surface area contributed by atoms with E-state index in [1.54, 1.807) is 12.4 Å². The minimum Gasteiger partial charge on any atom is -0.351 e. The summed E-state index contributed by atoms with van der Waals surface area (Å²) in [5, 5.41) is 0. The Morgan fingerprint density at radius 2 is 2.25 bits per heavy atom. The second kappa shape index (κ2) is 4.01. The number of benzene rings is 1. The van der Waals surface area contributed by atoms with E-state index in [1.165, 1.54) is 12.1 Å². The quantitative estimate of drug-likeness (QED) is 0.863. The van der Waals surface area contributed by atoms with Gasteiger partial charge in [0.15, 0.2) is 5.78 Å². The molecule has 1 aromatic carbocycles. The van der Waals surface area contributed by atoms with Gasteiger partial charge < -0.3 is 4.98 Å². The summed E-state index contributed by atoms with van der Waals surface area (Å²) in [5.41, 5.74) is 1.79. The van der Waals surface area contributed by atoms with Crippen LogP contribution in [0, 0.1) is 5.82 Å². The van der Waals surface area contributed by atoms with Crippen molar-refractivity contribution in [3.8, 4) is 0 Å². The van der Waals surface area contributed by atoms with Crippen molar-refractivity contribution in [3.63, 3.8) is 0 Å². The highest BCUT2D eigenvalue weighted by molar-refractivity contribution is 6.09. The van der Waals surface area contributed by atoms with E-state index in [4.69, 9.17) is 0 Å². The van der Waals surface area contributed by atoms with E-state index in [0.717, 1.165) is 36.9 Å². The zero-order valence-electron chi connectivity index (χ0n) is 11.0. The fourth-order valence-electron chi connectivity index (χ4n) is 4.06. The van der Waals surface area contributed by atoms with Gasteiger partial charge in [-0.25, -0.2) is 9.37 Å². The Morgan fingerprint density at radius 1 is 1.35 bits per heavy atom. The van der Waals surface area contributed by atoms with Crippen LogP contribution in [0.25, 0.3) is 0 Å². The lowest BCUT2D eigenvalue weighted by atomic mass is 9.64. The summed E-state index contributed by atoms with van der Waals surface area (Å²) >= 11 is 0. The topological polar surface area (TPSA) is 45.8 Å². The van der Waals surface area contributed by atoms with Crippen LogP contribution in [0.15, 0.2) is 30.7 Å². The van der Waals surface area contributed by atoms with Crippen LogP contribution < -0.4 is 0 Å². The molecule has 1 aromatic heterocycles. The number of nitrogens with one attached hydrogen (secondary N) is 1. The average molecular weight is 270 g/mol. The zero-order chi connectivity index (χ0) is 13.7. The van der Waals surface area contributed by atoms with Crippen molar-refractivity contribution in [3.05, 3.63) is 53.4 Å². The van der Waals surface area contributed by atoms with Crippen LogP contribution in [-0.4, -0.2) is 15.8 Å². The fraction of sp³-hybridized carbons (Fsp3) is 0.375. The van der Waals surface area contributed by atoms with Crippen LogP contribution in [0.4, 0.5) is 4.39 Å². The number of halogens is 1. The number of nitrogens with zero attached hydrogens (tertiary/aromatic N) is 1. The Labute approximate surface area is 116 Å². The first-order valence-electron chi connectivity index (χ1n) is 7.07. The van der Waals surface area contributed by atoms with Crippen LogP contribution in [0.5, 0.6) is 0 Å². The highest BCUT2D eigenvalue weighted by atomic mass is 19.1. The van der Waals surface area contributed by atoms with Crippen molar-refractivity contribution in [1.29, 1.82) is 0 Å². The van der Waals surface area contributed by atoms with E-state index in [1.807, 2.05) is 6.20 Å². The first kappa shape index (κ1) is 11.8. The summed E-state index contributed by atoms with van der Waals surface area (Å²) in [6.07, 6.45) is 7.27. The van der Waals surface area contributed by atoms with Gasteiger partial charge in [-0.15, -0.1) is 0 Å². The first-order chi connectivity index (χ1) is 9.73. The van der Waals surface area contributed by atoms with Gasteiger partial charge in [0.05, 0.1) is 17.4 Å². The summed E-state index contributed by atoms with van der Waals surface area (Å²) in [4.78, 5) is 20.3. The van der Waals surface area contributed by atoms with Crippen LogP contribution in [0.3, 0.4) is 0 Å². The number of fused-ring (bicyclic) bond motifs is 3. The number of carbonyl (C=O) groups excluding carboxylic acids is 1. The van der Waals surface area contributed by atoms with Gasteiger partial charge in [0.1, 0.15) is 5.82 Å². The van der Waals surface area contributed by atoms with Gasteiger partial charge in [-0.05, 0) is 36.6 Å². The molecule has 2 aliphatic rings. The third-order valence-corrected chi connectivity index (χ3v) is 4.90. The van der Waals surface area contributed by atoms with E-state index in [0.29, 0.717) is 5.56 Å². The summed E-state index contributed by atoms with van der Waals surface area (Å²) in [6.45, 7) is 0. The smallest absolute Gasteiger partial charge is 0.175 e. The van der Waals surface area contributed by atoms with Gasteiger partial charge in [-0.2, -0.15) is 0 Å². The monoisotopic (exact) mass is 270 g/mol. The molecule has 1 fully saturated rings. The van der Waals surface area contributed by atoms with Crippen molar-refractivity contribution < 1.29 is 9.18 Å².